The average molecular weight is 372 g/mol. The van der Waals surface area contributed by atoms with Crippen molar-refractivity contribution in [2.75, 3.05) is 23.9 Å². The van der Waals surface area contributed by atoms with Gasteiger partial charge in [-0.15, -0.1) is 0 Å². The van der Waals surface area contributed by atoms with Crippen LogP contribution in [0.2, 0.25) is 0 Å². The van der Waals surface area contributed by atoms with Gasteiger partial charge in [-0.3, -0.25) is 0 Å². The van der Waals surface area contributed by atoms with E-state index in [1.54, 1.807) is 0 Å². The number of anilines is 2. The van der Waals surface area contributed by atoms with Gasteiger partial charge in [-0.1, -0.05) is 53.6 Å². The third-order valence-corrected chi connectivity index (χ3v) is 5.48. The van der Waals surface area contributed by atoms with Crippen LogP contribution in [0.25, 0.3) is 0 Å². The van der Waals surface area contributed by atoms with Gasteiger partial charge in [0.2, 0.25) is 0 Å². The van der Waals surface area contributed by atoms with Gasteiger partial charge in [-0.2, -0.15) is 0 Å². The summed E-state index contributed by atoms with van der Waals surface area (Å²) in [5, 5.41) is 0. The molecule has 0 bridgehead atoms. The average Bonchev–Trinajstić information content (AvgIpc) is 3.02. The van der Waals surface area contributed by atoms with Gasteiger partial charge in [0.1, 0.15) is 0 Å². The van der Waals surface area contributed by atoms with Crippen molar-refractivity contribution in [3.05, 3.63) is 95.1 Å². The van der Waals surface area contributed by atoms with E-state index in [4.69, 9.17) is 4.74 Å². The standard InChI is InChI=1S/C24H24N2O2/c1-17-9-13-19(14-10-17)25(3)24(26(4)20-15-11-18(2)12-16-20)22-8-6-5-7-21(22)23(27)28-24/h5-16H,1-4H3. The Bertz CT molecular complexity index is 958. The molecule has 0 radical (unpaired) electrons. The lowest BCUT2D eigenvalue weighted by molar-refractivity contribution is -0.00719. The van der Waals surface area contributed by atoms with Gasteiger partial charge >= 0.3 is 5.97 Å². The number of hydrogen-bond donors (Lipinski definition) is 0. The summed E-state index contributed by atoms with van der Waals surface area (Å²) in [6.45, 7) is 4.12. The lowest BCUT2D eigenvalue weighted by atomic mass is 10.0. The van der Waals surface area contributed by atoms with Gasteiger partial charge in [-0.05, 0) is 44.2 Å². The summed E-state index contributed by atoms with van der Waals surface area (Å²) in [4.78, 5) is 16.8. The minimum atomic E-state index is -1.07. The Morgan fingerprint density at radius 2 is 1.18 bits per heavy atom. The first-order chi connectivity index (χ1) is 13.4. The van der Waals surface area contributed by atoms with Gasteiger partial charge in [-0.25, -0.2) is 4.79 Å². The molecule has 142 valence electrons. The number of aryl methyl sites for hydroxylation is 2. The minimum Gasteiger partial charge on any atom is -0.411 e. The minimum absolute atomic E-state index is 0.312. The molecule has 28 heavy (non-hydrogen) atoms. The van der Waals surface area contributed by atoms with E-state index in [9.17, 15) is 4.79 Å². The van der Waals surface area contributed by atoms with E-state index in [2.05, 4.69) is 62.4 Å². The first-order valence-corrected chi connectivity index (χ1v) is 9.37. The molecule has 1 heterocycles. The number of carbonyl (C=O) groups excluding carboxylic acids is 1. The Morgan fingerprint density at radius 1 is 0.714 bits per heavy atom. The van der Waals surface area contributed by atoms with Crippen molar-refractivity contribution in [1.82, 2.24) is 0 Å². The molecule has 3 aromatic rings. The number of carbonyl (C=O) groups is 1. The summed E-state index contributed by atoms with van der Waals surface area (Å²) < 4.78 is 6.13. The van der Waals surface area contributed by atoms with Crippen molar-refractivity contribution in [2.45, 2.75) is 19.7 Å². The SMILES string of the molecule is Cc1ccc(N(C)C2(N(C)c3ccc(C)cc3)OC(=O)c3ccccc32)cc1. The lowest BCUT2D eigenvalue weighted by Gasteiger charge is -2.45. The molecule has 0 aliphatic carbocycles. The number of cyclic esters (lactones) is 1. The highest BCUT2D eigenvalue weighted by atomic mass is 16.6. The van der Waals surface area contributed by atoms with Crippen molar-refractivity contribution in [2.24, 2.45) is 0 Å². The van der Waals surface area contributed by atoms with Crippen LogP contribution in [0.3, 0.4) is 0 Å². The van der Waals surface area contributed by atoms with Crippen LogP contribution >= 0.6 is 0 Å². The molecule has 0 fully saturated rings. The maximum Gasteiger partial charge on any atom is 0.342 e. The molecule has 0 saturated carbocycles. The Hall–Kier alpha value is -3.27. The Kier molecular flexibility index (Phi) is 4.34. The predicted molar refractivity (Wildman–Crippen MR) is 113 cm³/mol. The topological polar surface area (TPSA) is 32.8 Å². The van der Waals surface area contributed by atoms with E-state index >= 15 is 0 Å². The molecule has 1 aliphatic rings. The van der Waals surface area contributed by atoms with Crippen molar-refractivity contribution in [3.8, 4) is 0 Å². The van der Waals surface area contributed by atoms with Gasteiger partial charge in [0.05, 0.1) is 11.1 Å². The number of esters is 1. The van der Waals surface area contributed by atoms with Crippen molar-refractivity contribution in [1.29, 1.82) is 0 Å². The fraction of sp³-hybridized carbons (Fsp3) is 0.208. The van der Waals surface area contributed by atoms with Gasteiger partial charge in [0.25, 0.3) is 5.85 Å². The molecule has 3 aromatic carbocycles. The lowest BCUT2D eigenvalue weighted by Crippen LogP contribution is -2.56. The van der Waals surface area contributed by atoms with Crippen LogP contribution in [0, 0.1) is 13.8 Å². The van der Waals surface area contributed by atoms with E-state index in [0.29, 0.717) is 5.56 Å². The van der Waals surface area contributed by atoms with Crippen LogP contribution in [0.4, 0.5) is 11.4 Å². The zero-order chi connectivity index (χ0) is 19.9. The van der Waals surface area contributed by atoms with Crippen LogP contribution < -0.4 is 9.80 Å². The second kappa shape index (κ2) is 6.71. The van der Waals surface area contributed by atoms with Crippen molar-refractivity contribution >= 4 is 17.3 Å². The summed E-state index contributed by atoms with van der Waals surface area (Å²) in [5.41, 5.74) is 5.73. The highest BCUT2D eigenvalue weighted by Gasteiger charge is 2.52. The van der Waals surface area contributed by atoms with Crippen LogP contribution in [0.5, 0.6) is 0 Å². The van der Waals surface area contributed by atoms with E-state index < -0.39 is 5.85 Å². The number of nitrogens with zero attached hydrogens (tertiary/aromatic N) is 2. The molecule has 0 atom stereocenters. The number of benzene rings is 3. The van der Waals surface area contributed by atoms with Crippen LogP contribution in [-0.2, 0) is 10.6 Å². The van der Waals surface area contributed by atoms with Crippen LogP contribution in [-0.4, -0.2) is 20.1 Å². The van der Waals surface area contributed by atoms with Gasteiger partial charge < -0.3 is 14.5 Å². The molecular formula is C24H24N2O2. The first kappa shape index (κ1) is 18.1. The molecule has 0 N–H and O–H groups in total. The van der Waals surface area contributed by atoms with Crippen molar-refractivity contribution < 1.29 is 9.53 Å². The molecule has 4 rings (SSSR count). The van der Waals surface area contributed by atoms with Crippen molar-refractivity contribution in [3.63, 3.8) is 0 Å². The molecule has 1 aliphatic heterocycles. The summed E-state index contributed by atoms with van der Waals surface area (Å²) in [6.07, 6.45) is 0. The predicted octanol–water partition coefficient (Wildman–Crippen LogP) is 4.86. The molecule has 0 unspecified atom stereocenters. The maximum absolute atomic E-state index is 12.8. The smallest absolute Gasteiger partial charge is 0.342 e. The Balaban J connectivity index is 1.90. The molecule has 4 nitrogen and oxygen atoms in total. The quantitative estimate of drug-likeness (QED) is 0.484. The highest BCUT2D eigenvalue weighted by molar-refractivity contribution is 5.96. The van der Waals surface area contributed by atoms with E-state index in [1.807, 2.05) is 48.2 Å². The number of hydrogen-bond acceptors (Lipinski definition) is 4. The third kappa shape index (κ3) is 2.73. The van der Waals surface area contributed by atoms with E-state index in [1.165, 1.54) is 11.1 Å². The first-order valence-electron chi connectivity index (χ1n) is 9.37. The van der Waals surface area contributed by atoms with E-state index in [-0.39, 0.29) is 5.97 Å². The number of rotatable bonds is 4. The summed E-state index contributed by atoms with van der Waals surface area (Å²) in [6, 6.07) is 24.1. The third-order valence-electron chi connectivity index (χ3n) is 5.48. The summed E-state index contributed by atoms with van der Waals surface area (Å²) >= 11 is 0. The van der Waals surface area contributed by atoms with Crippen LogP contribution in [0.1, 0.15) is 27.0 Å². The largest absolute Gasteiger partial charge is 0.411 e. The normalized spacial score (nSPS) is 14.4. The van der Waals surface area contributed by atoms with Gasteiger partial charge in [0, 0.05) is 25.5 Å². The summed E-state index contributed by atoms with van der Waals surface area (Å²) in [7, 11) is 3.93. The molecule has 0 saturated heterocycles. The highest BCUT2D eigenvalue weighted by Crippen LogP contribution is 2.44. The monoisotopic (exact) mass is 372 g/mol. The second-order valence-corrected chi connectivity index (χ2v) is 7.33. The fourth-order valence-electron chi connectivity index (χ4n) is 3.79. The molecule has 0 aromatic heterocycles. The second-order valence-electron chi connectivity index (χ2n) is 7.33. The fourth-order valence-corrected chi connectivity index (χ4v) is 3.79. The van der Waals surface area contributed by atoms with E-state index in [0.717, 1.165) is 16.9 Å². The number of fused-ring (bicyclic) bond motifs is 1. The molecule has 4 heteroatoms. The molecule has 0 spiro atoms. The molecule has 0 amide bonds. The zero-order valence-corrected chi connectivity index (χ0v) is 16.6. The molecular weight excluding hydrogens is 348 g/mol. The Morgan fingerprint density at radius 3 is 1.68 bits per heavy atom. The van der Waals surface area contributed by atoms with Crippen LogP contribution in [0.15, 0.2) is 72.8 Å². The Labute approximate surface area is 166 Å². The zero-order valence-electron chi connectivity index (χ0n) is 16.6. The van der Waals surface area contributed by atoms with Gasteiger partial charge in [0.15, 0.2) is 0 Å². The number of ether oxygens (including phenoxy) is 1. The maximum atomic E-state index is 12.8. The summed E-state index contributed by atoms with van der Waals surface area (Å²) in [5.74, 6) is -1.38.